The largest absolute Gasteiger partial charge is 0.477 e. The summed E-state index contributed by atoms with van der Waals surface area (Å²) in [5, 5.41) is 10.4. The lowest BCUT2D eigenvalue weighted by Gasteiger charge is -2.08. The smallest absolute Gasteiger partial charge is 0.352 e. The zero-order valence-electron chi connectivity index (χ0n) is 15.1. The predicted molar refractivity (Wildman–Crippen MR) is 104 cm³/mol. The first kappa shape index (κ1) is 18.4. The summed E-state index contributed by atoms with van der Waals surface area (Å²) in [5.41, 5.74) is 13.6. The van der Waals surface area contributed by atoms with Crippen LogP contribution < -0.4 is 11.5 Å². The predicted octanol–water partition coefficient (Wildman–Crippen LogP) is 3.57. The summed E-state index contributed by atoms with van der Waals surface area (Å²) in [6.07, 6.45) is 0. The summed E-state index contributed by atoms with van der Waals surface area (Å²) in [4.78, 5) is 18.6. The van der Waals surface area contributed by atoms with Crippen molar-refractivity contribution in [3.63, 3.8) is 0 Å². The van der Waals surface area contributed by atoms with E-state index in [1.54, 1.807) is 12.1 Å². The highest BCUT2D eigenvalue weighted by Crippen LogP contribution is 2.36. The number of nitrogens with two attached hydrogens (primary N) is 2. The van der Waals surface area contributed by atoms with Crippen LogP contribution in [0, 0.1) is 5.82 Å². The molecule has 0 fully saturated rings. The quantitative estimate of drug-likeness (QED) is 0.407. The molecule has 0 aliphatic heterocycles. The van der Waals surface area contributed by atoms with E-state index < -0.39 is 11.8 Å². The number of carbonyl (C=O) groups is 1. The van der Waals surface area contributed by atoms with E-state index in [4.69, 9.17) is 11.5 Å². The number of benzene rings is 2. The number of hydrogen-bond acceptors (Lipinski definition) is 2. The Hall–Kier alpha value is -3.35. The molecule has 0 aliphatic rings. The zero-order valence-corrected chi connectivity index (χ0v) is 15.1. The van der Waals surface area contributed by atoms with E-state index >= 15 is 0 Å². The molecule has 0 bridgehead atoms. The van der Waals surface area contributed by atoms with Crippen molar-refractivity contribution in [2.45, 2.75) is 26.3 Å². The van der Waals surface area contributed by atoms with Crippen LogP contribution in [0.1, 0.15) is 41.4 Å². The van der Waals surface area contributed by atoms with Gasteiger partial charge in [0.15, 0.2) is 5.96 Å². The lowest BCUT2D eigenvalue weighted by atomic mass is 9.96. The van der Waals surface area contributed by atoms with Crippen LogP contribution in [0.15, 0.2) is 41.4 Å². The molecule has 140 valence electrons. The average Bonchev–Trinajstić information content (AvgIpc) is 3.00. The standard InChI is InChI=1S/C20H21FN4O2/c1-10(2)13-4-3-5-14-16(18(19(26)27)25-17(13)14)11-6-7-12(15(21)8-11)9-24-20(22)23/h3-8,10,25H,9H2,1-2H3,(H,26,27)(H4,22,23,24). The lowest BCUT2D eigenvalue weighted by molar-refractivity contribution is 0.0692. The Labute approximate surface area is 155 Å². The summed E-state index contributed by atoms with van der Waals surface area (Å²) >= 11 is 0. The molecule has 3 rings (SSSR count). The number of fused-ring (bicyclic) bond motifs is 1. The molecular weight excluding hydrogens is 347 g/mol. The molecular formula is C20H21FN4O2. The second kappa shape index (κ2) is 7.11. The number of nitrogens with one attached hydrogen (secondary N) is 1. The van der Waals surface area contributed by atoms with E-state index in [1.807, 2.05) is 32.0 Å². The van der Waals surface area contributed by atoms with Crippen LogP contribution in [0.4, 0.5) is 4.39 Å². The first-order valence-electron chi connectivity index (χ1n) is 8.51. The fourth-order valence-corrected chi connectivity index (χ4v) is 3.19. The lowest BCUT2D eigenvalue weighted by Crippen LogP contribution is -2.22. The van der Waals surface area contributed by atoms with Crippen LogP contribution >= 0.6 is 0 Å². The normalized spacial score (nSPS) is 11.1. The number of aliphatic imine (C=N–C) groups is 1. The van der Waals surface area contributed by atoms with Crippen molar-refractivity contribution >= 4 is 22.8 Å². The van der Waals surface area contributed by atoms with E-state index in [1.165, 1.54) is 6.07 Å². The van der Waals surface area contributed by atoms with Gasteiger partial charge in [0.05, 0.1) is 12.1 Å². The minimum absolute atomic E-state index is 0.0195. The minimum atomic E-state index is -1.10. The second-order valence-electron chi connectivity index (χ2n) is 6.65. The van der Waals surface area contributed by atoms with Crippen LogP contribution in [-0.2, 0) is 6.54 Å². The third-order valence-corrected chi connectivity index (χ3v) is 4.48. The van der Waals surface area contributed by atoms with Crippen LogP contribution in [0.3, 0.4) is 0 Å². The number of H-pyrrole nitrogens is 1. The number of carboxylic acid groups (broad SMARTS) is 1. The van der Waals surface area contributed by atoms with Crippen molar-refractivity contribution in [2.24, 2.45) is 16.5 Å². The Morgan fingerprint density at radius 1 is 1.26 bits per heavy atom. The van der Waals surface area contributed by atoms with Gasteiger partial charge in [-0.25, -0.2) is 14.2 Å². The minimum Gasteiger partial charge on any atom is -0.477 e. The molecule has 7 heteroatoms. The maximum absolute atomic E-state index is 14.5. The molecule has 6 N–H and O–H groups in total. The summed E-state index contributed by atoms with van der Waals surface area (Å²) in [7, 11) is 0. The maximum Gasteiger partial charge on any atom is 0.352 e. The number of aromatic nitrogens is 1. The van der Waals surface area contributed by atoms with E-state index in [0.717, 1.165) is 16.5 Å². The zero-order chi connectivity index (χ0) is 19.7. The highest BCUT2D eigenvalue weighted by atomic mass is 19.1. The topological polar surface area (TPSA) is 117 Å². The molecule has 0 aliphatic carbocycles. The first-order chi connectivity index (χ1) is 12.8. The number of hydrogen-bond donors (Lipinski definition) is 4. The van der Waals surface area contributed by atoms with Gasteiger partial charge in [-0.05, 0) is 23.1 Å². The van der Waals surface area contributed by atoms with Crippen molar-refractivity contribution < 1.29 is 14.3 Å². The molecule has 0 atom stereocenters. The molecule has 0 radical (unpaired) electrons. The van der Waals surface area contributed by atoms with Crippen LogP contribution in [0.2, 0.25) is 0 Å². The van der Waals surface area contributed by atoms with E-state index in [9.17, 15) is 14.3 Å². The van der Waals surface area contributed by atoms with Crippen molar-refractivity contribution in [3.05, 3.63) is 59.0 Å². The Bertz CT molecular complexity index is 1050. The van der Waals surface area contributed by atoms with Crippen molar-refractivity contribution in [3.8, 4) is 11.1 Å². The Morgan fingerprint density at radius 2 is 2.00 bits per heavy atom. The molecule has 0 amide bonds. The number of carboxylic acids is 1. The maximum atomic E-state index is 14.5. The summed E-state index contributed by atoms with van der Waals surface area (Å²) in [5.74, 6) is -1.51. The number of aromatic carboxylic acids is 1. The second-order valence-corrected chi connectivity index (χ2v) is 6.65. The number of nitrogens with zero attached hydrogens (tertiary/aromatic N) is 1. The molecule has 3 aromatic rings. The van der Waals surface area contributed by atoms with E-state index in [-0.39, 0.29) is 24.1 Å². The number of rotatable bonds is 5. The molecule has 27 heavy (non-hydrogen) atoms. The van der Waals surface area contributed by atoms with Gasteiger partial charge in [0, 0.05) is 16.5 Å². The molecule has 1 heterocycles. The molecule has 1 aromatic heterocycles. The highest BCUT2D eigenvalue weighted by molar-refractivity contribution is 6.08. The summed E-state index contributed by atoms with van der Waals surface area (Å²) in [6, 6.07) is 10.2. The van der Waals surface area contributed by atoms with E-state index in [2.05, 4.69) is 9.98 Å². The summed E-state index contributed by atoms with van der Waals surface area (Å²) in [6.45, 7) is 4.09. The Morgan fingerprint density at radius 3 is 2.59 bits per heavy atom. The van der Waals surface area contributed by atoms with Crippen LogP contribution in [0.5, 0.6) is 0 Å². The third-order valence-electron chi connectivity index (χ3n) is 4.48. The van der Waals surface area contributed by atoms with Crippen LogP contribution in [0.25, 0.3) is 22.0 Å². The number of guanidine groups is 1. The van der Waals surface area contributed by atoms with Gasteiger partial charge in [0.2, 0.25) is 0 Å². The van der Waals surface area contributed by atoms with Gasteiger partial charge in [-0.3, -0.25) is 0 Å². The van der Waals surface area contributed by atoms with Crippen molar-refractivity contribution in [1.29, 1.82) is 0 Å². The van der Waals surface area contributed by atoms with Gasteiger partial charge in [0.1, 0.15) is 11.5 Å². The molecule has 2 aromatic carbocycles. The average molecular weight is 368 g/mol. The van der Waals surface area contributed by atoms with Gasteiger partial charge in [-0.15, -0.1) is 0 Å². The van der Waals surface area contributed by atoms with Gasteiger partial charge in [0.25, 0.3) is 0 Å². The third kappa shape index (κ3) is 3.48. The monoisotopic (exact) mass is 368 g/mol. The van der Waals surface area contributed by atoms with Crippen molar-refractivity contribution in [1.82, 2.24) is 4.98 Å². The van der Waals surface area contributed by atoms with Crippen molar-refractivity contribution in [2.75, 3.05) is 0 Å². The first-order valence-corrected chi connectivity index (χ1v) is 8.51. The number of halogens is 1. The molecule has 6 nitrogen and oxygen atoms in total. The number of para-hydroxylation sites is 1. The fraction of sp³-hybridized carbons (Fsp3) is 0.200. The van der Waals surface area contributed by atoms with Gasteiger partial charge < -0.3 is 21.6 Å². The van der Waals surface area contributed by atoms with Crippen LogP contribution in [-0.4, -0.2) is 22.0 Å². The fourth-order valence-electron chi connectivity index (χ4n) is 3.19. The number of aromatic amines is 1. The van der Waals surface area contributed by atoms with E-state index in [0.29, 0.717) is 16.7 Å². The molecule has 0 saturated heterocycles. The van der Waals surface area contributed by atoms with Gasteiger partial charge in [-0.1, -0.05) is 44.2 Å². The van der Waals surface area contributed by atoms with Gasteiger partial charge >= 0.3 is 5.97 Å². The Kier molecular flexibility index (Phi) is 4.85. The van der Waals surface area contributed by atoms with Gasteiger partial charge in [-0.2, -0.15) is 0 Å². The molecule has 0 saturated carbocycles. The SMILES string of the molecule is CC(C)c1cccc2c(-c3ccc(CN=C(N)N)c(F)c3)c(C(=O)O)[nH]c12. The Balaban J connectivity index is 2.20. The molecule has 0 unspecified atom stereocenters. The summed E-state index contributed by atoms with van der Waals surface area (Å²) < 4.78 is 14.5. The highest BCUT2D eigenvalue weighted by Gasteiger charge is 2.21. The molecule has 0 spiro atoms.